The molecule has 5 N–H and O–H groups in total. The number of nitrogens with zero attached hydrogens (tertiary/aromatic N) is 10. The highest BCUT2D eigenvalue weighted by atomic mass is 35.5. The molecule has 0 atom stereocenters. The Morgan fingerprint density at radius 3 is 1.62 bits per heavy atom. The number of aromatic nitrogens is 8. The SMILES string of the molecule is CC.CCN1CCn2nc(N)cc2C1.CCN1CCn2nc(Nc3nccc(-c4ccc(CNC(=O)OC(C)(C)C)c(C)c4)n3)cc2C1.Cc1cc(-c2ccnc(Cl)n2)ccc1CNC(=O)OC(C)(C)C. The second-order valence-corrected chi connectivity index (χ2v) is 19.2. The van der Waals surface area contributed by atoms with Crippen LogP contribution >= 0.6 is 11.6 Å². The third-order valence-electron chi connectivity index (χ3n) is 11.1. The van der Waals surface area contributed by atoms with Crippen molar-refractivity contribution in [2.45, 2.75) is 134 Å². The summed E-state index contributed by atoms with van der Waals surface area (Å²) in [5.74, 6) is 1.90. The molecule has 71 heavy (non-hydrogen) atoms. The average Bonchev–Trinajstić information content (AvgIpc) is 3.91. The third-order valence-corrected chi connectivity index (χ3v) is 11.3. The van der Waals surface area contributed by atoms with Gasteiger partial charge in [-0.05, 0) is 127 Å². The van der Waals surface area contributed by atoms with Crippen LogP contribution in [0.1, 0.15) is 103 Å². The molecule has 6 aromatic rings. The first-order chi connectivity index (χ1) is 33.7. The van der Waals surface area contributed by atoms with Gasteiger partial charge < -0.3 is 31.2 Å². The highest BCUT2D eigenvalue weighted by Crippen LogP contribution is 2.25. The minimum atomic E-state index is -0.520. The maximum absolute atomic E-state index is 11.9. The zero-order chi connectivity index (χ0) is 51.9. The monoisotopic (exact) mass is 993 g/mol. The number of carbonyl (C=O) groups is 2. The summed E-state index contributed by atoms with van der Waals surface area (Å²) in [6, 6.07) is 19.7. The van der Waals surface area contributed by atoms with Gasteiger partial charge in [-0.2, -0.15) is 10.2 Å². The topological polar surface area (TPSA) is 208 Å². The Bertz CT molecular complexity index is 2690. The Morgan fingerprint density at radius 1 is 0.662 bits per heavy atom. The van der Waals surface area contributed by atoms with E-state index >= 15 is 0 Å². The lowest BCUT2D eigenvalue weighted by Crippen LogP contribution is -2.33. The summed E-state index contributed by atoms with van der Waals surface area (Å²) in [5.41, 5.74) is 14.6. The number of fused-ring (bicyclic) bond motifs is 2. The average molecular weight is 994 g/mol. The lowest BCUT2D eigenvalue weighted by atomic mass is 10.0. The van der Waals surface area contributed by atoms with Gasteiger partial charge in [0.25, 0.3) is 0 Å². The number of aryl methyl sites for hydroxylation is 2. The highest BCUT2D eigenvalue weighted by Gasteiger charge is 2.20. The normalized spacial score (nSPS) is 13.4. The number of benzene rings is 2. The van der Waals surface area contributed by atoms with Crippen LogP contribution < -0.4 is 21.7 Å². The number of rotatable bonds is 10. The molecule has 4 aromatic heterocycles. The molecule has 2 aliphatic rings. The number of ether oxygens (including phenoxy) is 2. The van der Waals surface area contributed by atoms with Crippen molar-refractivity contribution in [3.05, 3.63) is 112 Å². The quantitative estimate of drug-likeness (QED) is 0.0943. The molecule has 382 valence electrons. The van der Waals surface area contributed by atoms with E-state index in [0.717, 1.165) is 103 Å². The van der Waals surface area contributed by atoms with E-state index in [0.29, 0.717) is 24.9 Å². The minimum Gasteiger partial charge on any atom is -0.444 e. The number of carbonyl (C=O) groups excluding carboxylic acids is 2. The summed E-state index contributed by atoms with van der Waals surface area (Å²) in [6.07, 6.45) is 2.51. The van der Waals surface area contributed by atoms with Crippen LogP contribution in [-0.2, 0) is 48.7 Å². The fourth-order valence-electron chi connectivity index (χ4n) is 7.52. The van der Waals surface area contributed by atoms with Gasteiger partial charge in [-0.1, -0.05) is 52.0 Å². The van der Waals surface area contributed by atoms with E-state index in [9.17, 15) is 9.59 Å². The number of hydrogen-bond donors (Lipinski definition) is 4. The molecule has 0 saturated carbocycles. The van der Waals surface area contributed by atoms with Crippen LogP contribution in [0.25, 0.3) is 22.5 Å². The minimum absolute atomic E-state index is 0.218. The maximum atomic E-state index is 11.9. The van der Waals surface area contributed by atoms with Crippen molar-refractivity contribution in [2.24, 2.45) is 0 Å². The number of anilines is 3. The molecule has 0 spiro atoms. The molecule has 0 unspecified atom stereocenters. The van der Waals surface area contributed by atoms with E-state index in [-0.39, 0.29) is 5.28 Å². The summed E-state index contributed by atoms with van der Waals surface area (Å²) in [7, 11) is 0. The van der Waals surface area contributed by atoms with E-state index < -0.39 is 23.4 Å². The highest BCUT2D eigenvalue weighted by molar-refractivity contribution is 6.28. The molecule has 0 saturated heterocycles. The molecule has 2 aromatic carbocycles. The van der Waals surface area contributed by atoms with Crippen molar-refractivity contribution >= 4 is 41.4 Å². The van der Waals surface area contributed by atoms with Gasteiger partial charge in [0.15, 0.2) is 5.82 Å². The summed E-state index contributed by atoms with van der Waals surface area (Å²) in [4.78, 5) is 45.6. The van der Waals surface area contributed by atoms with E-state index in [1.165, 1.54) is 11.4 Å². The fourth-order valence-corrected chi connectivity index (χ4v) is 7.67. The first-order valence-electron chi connectivity index (χ1n) is 24.3. The molecular weight excluding hydrogens is 920 g/mol. The molecule has 0 aliphatic carbocycles. The molecule has 0 radical (unpaired) electrons. The smallest absolute Gasteiger partial charge is 0.407 e. The Labute approximate surface area is 424 Å². The van der Waals surface area contributed by atoms with Gasteiger partial charge in [0, 0.05) is 74.9 Å². The number of hydrogen-bond acceptors (Lipinski definition) is 14. The van der Waals surface area contributed by atoms with Crippen LogP contribution in [0.5, 0.6) is 0 Å². The van der Waals surface area contributed by atoms with Gasteiger partial charge >= 0.3 is 12.2 Å². The van der Waals surface area contributed by atoms with Crippen LogP contribution in [0.15, 0.2) is 73.1 Å². The number of likely N-dealkylation sites (N-methyl/N-ethyl adjacent to an activating group) is 2. The van der Waals surface area contributed by atoms with Crippen LogP contribution in [0.3, 0.4) is 0 Å². The predicted molar refractivity (Wildman–Crippen MR) is 281 cm³/mol. The van der Waals surface area contributed by atoms with Crippen LogP contribution in [0.2, 0.25) is 5.28 Å². The van der Waals surface area contributed by atoms with Crippen LogP contribution in [-0.4, -0.2) is 98.9 Å². The molecule has 6 heterocycles. The van der Waals surface area contributed by atoms with Gasteiger partial charge in [-0.25, -0.2) is 29.5 Å². The van der Waals surface area contributed by atoms with E-state index in [4.69, 9.17) is 26.8 Å². The summed E-state index contributed by atoms with van der Waals surface area (Å²) >= 11 is 5.82. The number of nitrogen functional groups attached to an aromatic ring is 1. The maximum Gasteiger partial charge on any atom is 0.407 e. The van der Waals surface area contributed by atoms with Crippen molar-refractivity contribution in [1.82, 2.24) is 59.9 Å². The third kappa shape index (κ3) is 17.3. The molecule has 19 heteroatoms. The Kier molecular flexibility index (Phi) is 19.8. The second-order valence-electron chi connectivity index (χ2n) is 18.9. The lowest BCUT2D eigenvalue weighted by Gasteiger charge is -2.25. The molecule has 18 nitrogen and oxygen atoms in total. The predicted octanol–water partition coefficient (Wildman–Crippen LogP) is 9.71. The fraction of sp³-hybridized carbons (Fsp3) is 0.462. The second kappa shape index (κ2) is 25.5. The lowest BCUT2D eigenvalue weighted by molar-refractivity contribution is 0.0512. The van der Waals surface area contributed by atoms with Crippen molar-refractivity contribution < 1.29 is 19.1 Å². The molecule has 0 bridgehead atoms. The van der Waals surface area contributed by atoms with Gasteiger partial charge in [0.2, 0.25) is 11.2 Å². The zero-order valence-corrected chi connectivity index (χ0v) is 44.3. The first kappa shape index (κ1) is 55.3. The molecule has 0 fully saturated rings. The van der Waals surface area contributed by atoms with Crippen LogP contribution in [0, 0.1) is 13.8 Å². The zero-order valence-electron chi connectivity index (χ0n) is 43.6. The number of nitrogens with one attached hydrogen (secondary N) is 3. The molecule has 8 rings (SSSR count). The Hall–Kier alpha value is -6.63. The largest absolute Gasteiger partial charge is 0.444 e. The summed E-state index contributed by atoms with van der Waals surface area (Å²) in [6.45, 7) is 32.2. The Morgan fingerprint density at radius 2 is 1.14 bits per heavy atom. The molecule has 2 amide bonds. The van der Waals surface area contributed by atoms with Crippen LogP contribution in [0.4, 0.5) is 27.2 Å². The van der Waals surface area contributed by atoms with Crippen molar-refractivity contribution in [1.29, 1.82) is 0 Å². The molecule has 2 aliphatic heterocycles. The number of nitrogens with two attached hydrogens (primary N) is 1. The molecular formula is C52H73ClN14O4. The van der Waals surface area contributed by atoms with Crippen molar-refractivity contribution in [3.63, 3.8) is 0 Å². The van der Waals surface area contributed by atoms with Gasteiger partial charge in [-0.15, -0.1) is 0 Å². The Balaban J connectivity index is 0.000000217. The summed E-state index contributed by atoms with van der Waals surface area (Å²) < 4.78 is 14.6. The number of alkyl carbamates (subject to hydrolysis) is 2. The number of halogens is 1. The number of amides is 2. The van der Waals surface area contributed by atoms with Gasteiger partial charge in [0.05, 0.1) is 35.9 Å². The van der Waals surface area contributed by atoms with E-state index in [2.05, 4.69) is 81.9 Å². The van der Waals surface area contributed by atoms with E-state index in [1.54, 1.807) is 18.5 Å². The van der Waals surface area contributed by atoms with Crippen molar-refractivity contribution in [2.75, 3.05) is 37.2 Å². The summed E-state index contributed by atoms with van der Waals surface area (Å²) in [5, 5.41) is 17.9. The van der Waals surface area contributed by atoms with E-state index in [1.807, 2.05) is 121 Å². The first-order valence-corrected chi connectivity index (χ1v) is 24.7. The van der Waals surface area contributed by atoms with Gasteiger partial charge in [0.1, 0.15) is 17.0 Å². The van der Waals surface area contributed by atoms with Crippen molar-refractivity contribution in [3.8, 4) is 22.5 Å². The standard InChI is InChI=1S/C25H33N7O2.C17H20ClN3O2.C8H14N4.C2H6/c1-6-31-11-12-32-20(16-31)14-22(30-32)29-23-26-10-9-21(28-23)18-7-8-19(17(2)13-18)15-27-24(33)34-25(3,4)5;1-11-9-12(14-7-8-19-15(18)21-14)5-6-13(11)10-20-16(22)23-17(2,3)4;1-2-11-3-4-12-7(6-11)5-8(9)10-12;1-2/h7-10,13-14H,6,11-12,15-16H2,1-5H3,(H,27,33)(H,26,28,29,30);5-9H,10H2,1-4H3,(H,20,22);5H,2-4,6H2,1H3,(H2,9,10);1-2H3. The van der Waals surface area contributed by atoms with Gasteiger partial charge in [-0.3, -0.25) is 19.2 Å².